The number of ether oxygens (including phenoxy) is 1. The fourth-order valence-corrected chi connectivity index (χ4v) is 3.15. The summed E-state index contributed by atoms with van der Waals surface area (Å²) in [5.41, 5.74) is 8.46. The molecule has 2 N–H and O–H groups in total. The van der Waals surface area contributed by atoms with E-state index < -0.39 is 0 Å². The Labute approximate surface area is 109 Å². The molecule has 94 valence electrons. The summed E-state index contributed by atoms with van der Waals surface area (Å²) in [5, 5.41) is 0.549. The number of rotatable bonds is 2. The minimum absolute atomic E-state index is 0.301. The second-order valence-electron chi connectivity index (χ2n) is 4.58. The molecule has 4 nitrogen and oxygen atoms in total. The number of nitrogens with zero attached hydrogens (tertiary/aromatic N) is 1. The maximum atomic E-state index is 11.7. The van der Waals surface area contributed by atoms with E-state index in [1.165, 1.54) is 24.9 Å². The Morgan fingerprint density at radius 3 is 2.89 bits per heavy atom. The first-order valence-corrected chi connectivity index (χ1v) is 6.79. The normalized spacial score (nSPS) is 15.6. The van der Waals surface area contributed by atoms with Crippen molar-refractivity contribution in [2.24, 2.45) is 0 Å². The predicted molar refractivity (Wildman–Crippen MR) is 72.0 cm³/mol. The number of anilines is 1. The number of benzene rings is 1. The Morgan fingerprint density at radius 1 is 1.50 bits per heavy atom. The van der Waals surface area contributed by atoms with Crippen LogP contribution in [0.1, 0.15) is 41.1 Å². The van der Waals surface area contributed by atoms with Crippen LogP contribution in [0.4, 0.5) is 5.13 Å². The van der Waals surface area contributed by atoms with Crippen LogP contribution in [0.2, 0.25) is 0 Å². The van der Waals surface area contributed by atoms with E-state index in [2.05, 4.69) is 4.98 Å². The Bertz CT molecular complexity index is 617. The number of thiazole rings is 1. The van der Waals surface area contributed by atoms with Gasteiger partial charge in [0.15, 0.2) is 5.13 Å². The smallest absolute Gasteiger partial charge is 0.337 e. The average Bonchev–Trinajstić information content (AvgIpc) is 2.66. The quantitative estimate of drug-likeness (QED) is 0.845. The molecule has 1 heterocycles. The maximum Gasteiger partial charge on any atom is 0.337 e. The van der Waals surface area contributed by atoms with Gasteiger partial charge in [0, 0.05) is 0 Å². The van der Waals surface area contributed by atoms with Crippen molar-refractivity contribution in [3.63, 3.8) is 0 Å². The summed E-state index contributed by atoms with van der Waals surface area (Å²) in [6.45, 7) is 0. The van der Waals surface area contributed by atoms with Gasteiger partial charge in [-0.15, -0.1) is 0 Å². The molecule has 18 heavy (non-hydrogen) atoms. The van der Waals surface area contributed by atoms with Gasteiger partial charge in [-0.05, 0) is 36.5 Å². The first-order valence-electron chi connectivity index (χ1n) is 5.97. The summed E-state index contributed by atoms with van der Waals surface area (Å²) in [4.78, 5) is 16.1. The lowest BCUT2D eigenvalue weighted by Gasteiger charge is -2.26. The van der Waals surface area contributed by atoms with Crippen LogP contribution in [-0.2, 0) is 4.74 Å². The van der Waals surface area contributed by atoms with E-state index in [1.807, 2.05) is 12.1 Å². The minimum atomic E-state index is -0.301. The Kier molecular flexibility index (Phi) is 2.70. The monoisotopic (exact) mass is 262 g/mol. The van der Waals surface area contributed by atoms with Crippen molar-refractivity contribution in [3.05, 3.63) is 23.3 Å². The first kappa shape index (κ1) is 11.5. The van der Waals surface area contributed by atoms with Gasteiger partial charge in [0.05, 0.1) is 22.9 Å². The number of nitrogens with two attached hydrogens (primary N) is 1. The number of aromatic nitrogens is 1. The molecule has 5 heteroatoms. The SMILES string of the molecule is COC(=O)c1cc(C2CCC2)c2nc(N)sc2c1. The van der Waals surface area contributed by atoms with Crippen LogP contribution in [0.5, 0.6) is 0 Å². The number of methoxy groups -OCH3 is 1. The number of esters is 1. The standard InChI is InChI=1S/C13H14N2O2S/c1-17-12(16)8-5-9(7-3-2-4-7)11-10(6-8)18-13(14)15-11/h5-7H,2-4H2,1H3,(H2,14,15). The van der Waals surface area contributed by atoms with Crippen molar-refractivity contribution in [1.29, 1.82) is 0 Å². The van der Waals surface area contributed by atoms with Gasteiger partial charge in [-0.2, -0.15) is 0 Å². The number of nitrogen functional groups attached to an aromatic ring is 1. The fraction of sp³-hybridized carbons (Fsp3) is 0.385. The molecule has 1 aromatic heterocycles. The van der Waals surface area contributed by atoms with E-state index >= 15 is 0 Å². The molecule has 1 saturated carbocycles. The molecule has 1 aromatic carbocycles. The topological polar surface area (TPSA) is 65.2 Å². The van der Waals surface area contributed by atoms with E-state index in [0.29, 0.717) is 16.6 Å². The number of carbonyl (C=O) groups excluding carboxylic acids is 1. The Hall–Kier alpha value is -1.62. The molecule has 0 aliphatic heterocycles. The third-order valence-electron chi connectivity index (χ3n) is 3.51. The van der Waals surface area contributed by atoms with Crippen molar-refractivity contribution < 1.29 is 9.53 Å². The zero-order chi connectivity index (χ0) is 12.7. The van der Waals surface area contributed by atoms with E-state index in [0.717, 1.165) is 28.6 Å². The highest BCUT2D eigenvalue weighted by Gasteiger charge is 2.24. The first-order chi connectivity index (χ1) is 8.69. The molecule has 1 aliphatic carbocycles. The summed E-state index contributed by atoms with van der Waals surface area (Å²) < 4.78 is 5.76. The highest BCUT2D eigenvalue weighted by Crippen LogP contribution is 2.41. The predicted octanol–water partition coefficient (Wildman–Crippen LogP) is 2.93. The number of hydrogen-bond donors (Lipinski definition) is 1. The van der Waals surface area contributed by atoms with Crippen LogP contribution in [0.25, 0.3) is 10.2 Å². The van der Waals surface area contributed by atoms with Gasteiger partial charge in [-0.25, -0.2) is 9.78 Å². The molecule has 0 atom stereocenters. The molecule has 0 unspecified atom stereocenters. The molecule has 0 saturated heterocycles. The lowest BCUT2D eigenvalue weighted by atomic mass is 9.79. The molecule has 3 rings (SSSR count). The Morgan fingerprint density at radius 2 is 2.28 bits per heavy atom. The summed E-state index contributed by atoms with van der Waals surface area (Å²) in [5.74, 6) is 0.211. The van der Waals surface area contributed by atoms with Gasteiger partial charge in [-0.1, -0.05) is 17.8 Å². The molecule has 0 bridgehead atoms. The van der Waals surface area contributed by atoms with Gasteiger partial charge < -0.3 is 10.5 Å². The molecular formula is C13H14N2O2S. The summed E-state index contributed by atoms with van der Waals surface area (Å²) in [6.07, 6.45) is 3.57. The molecular weight excluding hydrogens is 248 g/mol. The second-order valence-corrected chi connectivity index (χ2v) is 5.65. The molecule has 0 radical (unpaired) electrons. The zero-order valence-electron chi connectivity index (χ0n) is 10.1. The van der Waals surface area contributed by atoms with E-state index in [9.17, 15) is 4.79 Å². The average molecular weight is 262 g/mol. The third-order valence-corrected chi connectivity index (χ3v) is 4.34. The lowest BCUT2D eigenvalue weighted by Crippen LogP contribution is -2.11. The van der Waals surface area contributed by atoms with Crippen molar-refractivity contribution in [1.82, 2.24) is 4.98 Å². The molecule has 0 amide bonds. The summed E-state index contributed by atoms with van der Waals surface area (Å²) in [6, 6.07) is 3.73. The van der Waals surface area contributed by atoms with Crippen LogP contribution in [-0.4, -0.2) is 18.1 Å². The minimum Gasteiger partial charge on any atom is -0.465 e. The third kappa shape index (κ3) is 1.75. The second kappa shape index (κ2) is 4.24. The highest BCUT2D eigenvalue weighted by molar-refractivity contribution is 7.22. The van der Waals surface area contributed by atoms with Gasteiger partial charge in [-0.3, -0.25) is 0 Å². The Balaban J connectivity index is 2.19. The summed E-state index contributed by atoms with van der Waals surface area (Å²) >= 11 is 1.42. The van der Waals surface area contributed by atoms with Crippen molar-refractivity contribution >= 4 is 32.7 Å². The van der Waals surface area contributed by atoms with E-state index in [-0.39, 0.29) is 5.97 Å². The van der Waals surface area contributed by atoms with Gasteiger partial charge in [0.2, 0.25) is 0 Å². The molecule has 1 aliphatic rings. The fourth-order valence-electron chi connectivity index (χ4n) is 2.34. The molecule has 1 fully saturated rings. The largest absolute Gasteiger partial charge is 0.465 e. The lowest BCUT2D eigenvalue weighted by molar-refractivity contribution is 0.0601. The highest BCUT2D eigenvalue weighted by atomic mass is 32.1. The van der Waals surface area contributed by atoms with Crippen LogP contribution >= 0.6 is 11.3 Å². The number of fused-ring (bicyclic) bond motifs is 1. The summed E-state index contributed by atoms with van der Waals surface area (Å²) in [7, 11) is 1.40. The van der Waals surface area contributed by atoms with Gasteiger partial charge >= 0.3 is 5.97 Å². The number of hydrogen-bond acceptors (Lipinski definition) is 5. The molecule has 0 spiro atoms. The van der Waals surface area contributed by atoms with Crippen LogP contribution < -0.4 is 5.73 Å². The maximum absolute atomic E-state index is 11.7. The van der Waals surface area contributed by atoms with Gasteiger partial charge in [0.1, 0.15) is 0 Å². The number of carbonyl (C=O) groups is 1. The molecule has 2 aromatic rings. The van der Waals surface area contributed by atoms with E-state index in [1.54, 1.807) is 0 Å². The van der Waals surface area contributed by atoms with Gasteiger partial charge in [0.25, 0.3) is 0 Å². The van der Waals surface area contributed by atoms with Crippen LogP contribution in [0.15, 0.2) is 12.1 Å². The van der Waals surface area contributed by atoms with E-state index in [4.69, 9.17) is 10.5 Å². The van der Waals surface area contributed by atoms with Crippen molar-refractivity contribution in [2.45, 2.75) is 25.2 Å². The van der Waals surface area contributed by atoms with Crippen molar-refractivity contribution in [2.75, 3.05) is 12.8 Å². The van der Waals surface area contributed by atoms with Crippen LogP contribution in [0, 0.1) is 0 Å². The van der Waals surface area contributed by atoms with Crippen LogP contribution in [0.3, 0.4) is 0 Å². The van der Waals surface area contributed by atoms with Crippen molar-refractivity contribution in [3.8, 4) is 0 Å². The zero-order valence-corrected chi connectivity index (χ0v) is 10.9.